The Morgan fingerprint density at radius 1 is 0.739 bits per heavy atom. The van der Waals surface area contributed by atoms with Crippen molar-refractivity contribution in [3.63, 3.8) is 0 Å². The molecule has 0 saturated heterocycles. The molecule has 0 saturated carbocycles. The number of hydrogen-bond acceptors (Lipinski definition) is 4. The largest absolute Gasteiger partial charge is 0.454 e. The fourth-order valence-electron chi connectivity index (χ4n) is 3.06. The number of fused-ring (bicyclic) bond motifs is 4. The highest BCUT2D eigenvalue weighted by atomic mass is 16.3. The normalized spacial score (nSPS) is 11.5. The van der Waals surface area contributed by atoms with Crippen molar-refractivity contribution in [3.8, 4) is 11.3 Å². The van der Waals surface area contributed by atoms with Crippen molar-refractivity contribution >= 4 is 33.0 Å². The van der Waals surface area contributed by atoms with E-state index in [1.54, 1.807) is 12.5 Å². The van der Waals surface area contributed by atoms with Crippen LogP contribution in [0.4, 0.5) is 0 Å². The smallest absolute Gasteiger partial charge is 0.153 e. The Labute approximate surface area is 131 Å². The van der Waals surface area contributed by atoms with Crippen molar-refractivity contribution in [1.82, 2.24) is 15.0 Å². The first-order chi connectivity index (χ1) is 11.4. The van der Waals surface area contributed by atoms with Gasteiger partial charge in [-0.3, -0.25) is 4.98 Å². The van der Waals surface area contributed by atoms with Gasteiger partial charge in [0.25, 0.3) is 0 Å². The molecule has 0 bridgehead atoms. The van der Waals surface area contributed by atoms with Crippen molar-refractivity contribution in [2.24, 2.45) is 0 Å². The lowest BCUT2D eigenvalue weighted by Crippen LogP contribution is -1.89. The number of pyridine rings is 1. The van der Waals surface area contributed by atoms with E-state index in [1.165, 1.54) is 0 Å². The van der Waals surface area contributed by atoms with Crippen LogP contribution in [-0.2, 0) is 0 Å². The predicted octanol–water partition coefficient (Wildman–Crippen LogP) is 4.59. The number of benzene rings is 2. The summed E-state index contributed by atoms with van der Waals surface area (Å²) in [5, 5.41) is 2.01. The summed E-state index contributed by atoms with van der Waals surface area (Å²) in [5.41, 5.74) is 5.30. The molecular weight excluding hydrogens is 286 g/mol. The Morgan fingerprint density at radius 2 is 1.65 bits per heavy atom. The van der Waals surface area contributed by atoms with Crippen LogP contribution in [0.15, 0.2) is 71.5 Å². The van der Waals surface area contributed by atoms with Crippen LogP contribution in [0.5, 0.6) is 0 Å². The molecule has 0 N–H and O–H groups in total. The van der Waals surface area contributed by atoms with Crippen LogP contribution >= 0.6 is 0 Å². The third kappa shape index (κ3) is 1.75. The molecule has 0 radical (unpaired) electrons. The van der Waals surface area contributed by atoms with E-state index < -0.39 is 0 Å². The minimum atomic E-state index is 0.785. The number of aromatic nitrogens is 3. The summed E-state index contributed by atoms with van der Waals surface area (Å²) in [6.07, 6.45) is 3.39. The zero-order valence-electron chi connectivity index (χ0n) is 12.1. The van der Waals surface area contributed by atoms with E-state index in [0.29, 0.717) is 0 Å². The van der Waals surface area contributed by atoms with Crippen LogP contribution in [0.3, 0.4) is 0 Å². The molecule has 0 unspecified atom stereocenters. The molecule has 0 amide bonds. The van der Waals surface area contributed by atoms with E-state index in [0.717, 1.165) is 44.2 Å². The fourth-order valence-corrected chi connectivity index (χ4v) is 3.06. The standard InChI is InChI=1S/C19H11N3O/c1-2-7-14-12(5-1)18(22-11-21-14)13-6-3-8-15-17(13)19-16(23-15)9-4-10-20-19/h1-11H. The molecule has 23 heavy (non-hydrogen) atoms. The van der Waals surface area contributed by atoms with Gasteiger partial charge in [0.2, 0.25) is 0 Å². The van der Waals surface area contributed by atoms with Crippen LogP contribution in [0.2, 0.25) is 0 Å². The predicted molar refractivity (Wildman–Crippen MR) is 90.0 cm³/mol. The van der Waals surface area contributed by atoms with Gasteiger partial charge in [-0.05, 0) is 24.3 Å². The first-order valence-electron chi connectivity index (χ1n) is 7.38. The van der Waals surface area contributed by atoms with Gasteiger partial charge in [0, 0.05) is 17.1 Å². The molecular formula is C19H11N3O. The van der Waals surface area contributed by atoms with Crippen LogP contribution in [-0.4, -0.2) is 15.0 Å². The average Bonchev–Trinajstić information content (AvgIpc) is 3.00. The van der Waals surface area contributed by atoms with E-state index >= 15 is 0 Å². The van der Waals surface area contributed by atoms with Gasteiger partial charge in [0.05, 0.1) is 16.6 Å². The summed E-state index contributed by atoms with van der Waals surface area (Å²) in [7, 11) is 0. The molecule has 108 valence electrons. The number of furan rings is 1. The quantitative estimate of drug-likeness (QED) is 0.454. The van der Waals surface area contributed by atoms with Crippen LogP contribution in [0, 0.1) is 0 Å². The van der Waals surface area contributed by atoms with E-state index in [1.807, 2.05) is 48.5 Å². The fraction of sp³-hybridized carbons (Fsp3) is 0. The third-order valence-corrected chi connectivity index (χ3v) is 4.05. The summed E-state index contributed by atoms with van der Waals surface area (Å²) in [5.74, 6) is 0. The van der Waals surface area contributed by atoms with Crippen molar-refractivity contribution in [1.29, 1.82) is 0 Å². The lowest BCUT2D eigenvalue weighted by molar-refractivity contribution is 0.668. The molecule has 3 aromatic heterocycles. The number of rotatable bonds is 1. The van der Waals surface area contributed by atoms with E-state index in [4.69, 9.17) is 4.42 Å². The van der Waals surface area contributed by atoms with Gasteiger partial charge in [0.15, 0.2) is 5.58 Å². The van der Waals surface area contributed by atoms with E-state index in [9.17, 15) is 0 Å². The van der Waals surface area contributed by atoms with Gasteiger partial charge >= 0.3 is 0 Å². The summed E-state index contributed by atoms with van der Waals surface area (Å²) >= 11 is 0. The molecule has 0 aliphatic rings. The van der Waals surface area contributed by atoms with Gasteiger partial charge in [-0.25, -0.2) is 9.97 Å². The lowest BCUT2D eigenvalue weighted by Gasteiger charge is -2.06. The van der Waals surface area contributed by atoms with Gasteiger partial charge in [0.1, 0.15) is 17.4 Å². The molecule has 0 aliphatic carbocycles. The first kappa shape index (κ1) is 12.3. The van der Waals surface area contributed by atoms with Gasteiger partial charge in [-0.1, -0.05) is 30.3 Å². The van der Waals surface area contributed by atoms with E-state index in [-0.39, 0.29) is 0 Å². The number of nitrogens with zero attached hydrogens (tertiary/aromatic N) is 3. The summed E-state index contributed by atoms with van der Waals surface area (Å²) in [6, 6.07) is 17.8. The Bertz CT molecular complexity index is 1170. The Kier molecular flexibility index (Phi) is 2.46. The highest BCUT2D eigenvalue weighted by Crippen LogP contribution is 2.36. The summed E-state index contributed by atoms with van der Waals surface area (Å²) in [6.45, 7) is 0. The van der Waals surface area contributed by atoms with Crippen LogP contribution < -0.4 is 0 Å². The zero-order chi connectivity index (χ0) is 15.2. The molecule has 4 heteroatoms. The summed E-state index contributed by atoms with van der Waals surface area (Å²) < 4.78 is 5.92. The Balaban J connectivity index is 1.96. The first-order valence-corrected chi connectivity index (χ1v) is 7.38. The molecule has 0 fully saturated rings. The Morgan fingerprint density at radius 3 is 2.65 bits per heavy atom. The summed E-state index contributed by atoms with van der Waals surface area (Å²) in [4.78, 5) is 13.4. The maximum atomic E-state index is 5.92. The highest BCUT2D eigenvalue weighted by molar-refractivity contribution is 6.12. The maximum absolute atomic E-state index is 5.92. The van der Waals surface area contributed by atoms with Gasteiger partial charge in [-0.2, -0.15) is 0 Å². The number of para-hydroxylation sites is 1. The molecule has 0 atom stereocenters. The zero-order valence-corrected chi connectivity index (χ0v) is 12.1. The monoisotopic (exact) mass is 297 g/mol. The maximum Gasteiger partial charge on any atom is 0.153 e. The second kappa shape index (κ2) is 4.61. The second-order valence-electron chi connectivity index (χ2n) is 5.37. The topological polar surface area (TPSA) is 51.8 Å². The number of hydrogen-bond donors (Lipinski definition) is 0. The molecule has 0 aliphatic heterocycles. The van der Waals surface area contributed by atoms with Crippen LogP contribution in [0.25, 0.3) is 44.2 Å². The molecule has 4 nitrogen and oxygen atoms in total. The van der Waals surface area contributed by atoms with Crippen molar-refractivity contribution < 1.29 is 4.42 Å². The van der Waals surface area contributed by atoms with Crippen molar-refractivity contribution in [3.05, 3.63) is 67.1 Å². The molecule has 3 heterocycles. The molecule has 5 rings (SSSR count). The molecule has 5 aromatic rings. The minimum absolute atomic E-state index is 0.785. The minimum Gasteiger partial charge on any atom is -0.454 e. The second-order valence-corrected chi connectivity index (χ2v) is 5.37. The third-order valence-electron chi connectivity index (χ3n) is 4.05. The highest BCUT2D eigenvalue weighted by Gasteiger charge is 2.15. The lowest BCUT2D eigenvalue weighted by atomic mass is 10.0. The van der Waals surface area contributed by atoms with Crippen molar-refractivity contribution in [2.75, 3.05) is 0 Å². The Hall–Kier alpha value is -3.27. The van der Waals surface area contributed by atoms with Gasteiger partial charge in [-0.15, -0.1) is 0 Å². The molecule has 0 spiro atoms. The molecule has 2 aromatic carbocycles. The van der Waals surface area contributed by atoms with Gasteiger partial charge < -0.3 is 4.42 Å². The van der Waals surface area contributed by atoms with E-state index in [2.05, 4.69) is 21.0 Å². The SMILES string of the molecule is c1ccc2c(-c3cccc4oc5cccnc5c34)ncnc2c1. The van der Waals surface area contributed by atoms with Crippen molar-refractivity contribution in [2.45, 2.75) is 0 Å². The average molecular weight is 297 g/mol. The van der Waals surface area contributed by atoms with Crippen LogP contribution in [0.1, 0.15) is 0 Å².